The van der Waals surface area contributed by atoms with Crippen molar-refractivity contribution in [2.24, 2.45) is 0 Å². The Bertz CT molecular complexity index is 1640. The predicted molar refractivity (Wildman–Crippen MR) is 156 cm³/mol. The average Bonchev–Trinajstić information content (AvgIpc) is 3.35. The van der Waals surface area contributed by atoms with E-state index < -0.39 is 0 Å². The molecule has 2 aliphatic rings. The molecule has 36 heavy (non-hydrogen) atoms. The molecule has 5 rings (SSSR count). The van der Waals surface area contributed by atoms with Crippen molar-refractivity contribution in [3.8, 4) is 11.1 Å². The van der Waals surface area contributed by atoms with Gasteiger partial charge in [0.05, 0.1) is 0 Å². The fraction of sp³-hybridized carbons (Fsp3) is 0.200. The highest BCUT2D eigenvalue weighted by molar-refractivity contribution is 5.95. The molecule has 3 aromatic rings. The van der Waals surface area contributed by atoms with Crippen molar-refractivity contribution < 1.29 is 4.42 Å². The summed E-state index contributed by atoms with van der Waals surface area (Å²) in [5.74, 6) is 0. The number of allylic oxidation sites excluding steroid dienone is 10. The highest BCUT2D eigenvalue weighted by Gasteiger charge is 2.38. The minimum absolute atomic E-state index is 0.00713. The molecule has 0 aliphatic heterocycles. The summed E-state index contributed by atoms with van der Waals surface area (Å²) in [6.07, 6.45) is 18.7. The van der Waals surface area contributed by atoms with Crippen LogP contribution in [0.15, 0.2) is 107 Å². The zero-order chi connectivity index (χ0) is 25.4. The standard InChI is InChI=1S/C35H34O/c1-7-12-23(13-8-2)24-18-20-31-30(21-24)28-19-17-25(22-32(28)35(31,5)6)27-15-11-16-29-26(10-4)33(14-9-3)36-34(27)29/h7-17,19,21-22H,1,3,18,20H2,2,4-6H3/b13-8-,23-12+,26-10-,33-14+. The van der Waals surface area contributed by atoms with Crippen molar-refractivity contribution >= 4 is 28.7 Å². The molecule has 2 aromatic carbocycles. The van der Waals surface area contributed by atoms with E-state index in [9.17, 15) is 0 Å². The summed E-state index contributed by atoms with van der Waals surface area (Å²) in [6, 6.07) is 13.4. The van der Waals surface area contributed by atoms with Gasteiger partial charge >= 0.3 is 0 Å². The summed E-state index contributed by atoms with van der Waals surface area (Å²) >= 11 is 0. The Hall–Kier alpha value is -3.84. The molecule has 0 fully saturated rings. The largest absolute Gasteiger partial charge is 0.455 e. The number of furan rings is 1. The molecule has 0 saturated carbocycles. The Balaban J connectivity index is 1.66. The summed E-state index contributed by atoms with van der Waals surface area (Å²) in [4.78, 5) is 0. The van der Waals surface area contributed by atoms with Gasteiger partial charge < -0.3 is 4.42 Å². The number of fused-ring (bicyclic) bond motifs is 3. The maximum atomic E-state index is 6.37. The van der Waals surface area contributed by atoms with Gasteiger partial charge in [0.25, 0.3) is 0 Å². The van der Waals surface area contributed by atoms with Gasteiger partial charge in [0.1, 0.15) is 11.0 Å². The molecule has 0 atom stereocenters. The van der Waals surface area contributed by atoms with Crippen LogP contribution in [0.1, 0.15) is 51.7 Å². The Morgan fingerprint density at radius 3 is 2.56 bits per heavy atom. The first-order valence-corrected chi connectivity index (χ1v) is 12.8. The van der Waals surface area contributed by atoms with Crippen LogP contribution in [0.25, 0.3) is 39.8 Å². The summed E-state index contributed by atoms with van der Waals surface area (Å²) < 4.78 is 6.37. The topological polar surface area (TPSA) is 13.1 Å². The van der Waals surface area contributed by atoms with Gasteiger partial charge in [-0.2, -0.15) is 0 Å². The molecule has 0 saturated heterocycles. The van der Waals surface area contributed by atoms with E-state index in [1.165, 1.54) is 33.4 Å². The van der Waals surface area contributed by atoms with E-state index in [1.807, 2.05) is 12.2 Å². The average molecular weight is 471 g/mol. The van der Waals surface area contributed by atoms with E-state index in [-0.39, 0.29) is 5.41 Å². The highest BCUT2D eigenvalue weighted by atomic mass is 16.3. The second-order valence-electron chi connectivity index (χ2n) is 10.1. The first kappa shape index (κ1) is 23.9. The van der Waals surface area contributed by atoms with Crippen LogP contribution in [0.2, 0.25) is 0 Å². The van der Waals surface area contributed by atoms with Gasteiger partial charge in [-0.1, -0.05) is 105 Å². The molecule has 0 unspecified atom stereocenters. The molecule has 1 heterocycles. The Morgan fingerprint density at radius 1 is 1.00 bits per heavy atom. The number of rotatable bonds is 5. The smallest absolute Gasteiger partial charge is 0.143 e. The number of hydrogen-bond acceptors (Lipinski definition) is 1. The molecule has 2 aliphatic carbocycles. The number of hydrogen-bond donors (Lipinski definition) is 0. The van der Waals surface area contributed by atoms with Gasteiger partial charge in [-0.05, 0) is 72.2 Å². The second kappa shape index (κ2) is 9.32. The lowest BCUT2D eigenvalue weighted by Gasteiger charge is -2.27. The lowest BCUT2D eigenvalue weighted by atomic mass is 9.76. The van der Waals surface area contributed by atoms with Crippen molar-refractivity contribution in [3.63, 3.8) is 0 Å². The quantitative estimate of drug-likeness (QED) is 0.342. The lowest BCUT2D eigenvalue weighted by Crippen LogP contribution is -2.18. The van der Waals surface area contributed by atoms with Crippen LogP contribution in [0.5, 0.6) is 0 Å². The first-order valence-electron chi connectivity index (χ1n) is 12.8. The van der Waals surface area contributed by atoms with E-state index in [2.05, 4.69) is 108 Å². The molecule has 0 N–H and O–H groups in total. The van der Waals surface area contributed by atoms with Gasteiger partial charge in [0.15, 0.2) is 0 Å². The van der Waals surface area contributed by atoms with Gasteiger partial charge in [-0.25, -0.2) is 0 Å². The molecule has 1 heteroatoms. The van der Waals surface area contributed by atoms with E-state index in [4.69, 9.17) is 4.42 Å². The third-order valence-electron chi connectivity index (χ3n) is 7.69. The second-order valence-corrected chi connectivity index (χ2v) is 10.1. The van der Waals surface area contributed by atoms with E-state index in [1.54, 1.807) is 11.6 Å². The monoisotopic (exact) mass is 470 g/mol. The molecule has 0 amide bonds. The number of para-hydroxylation sites is 1. The molecule has 0 bridgehead atoms. The molecule has 1 nitrogen and oxygen atoms in total. The third-order valence-corrected chi connectivity index (χ3v) is 7.69. The van der Waals surface area contributed by atoms with Gasteiger partial charge in [0.2, 0.25) is 0 Å². The molecule has 1 aromatic heterocycles. The van der Waals surface area contributed by atoms with Crippen molar-refractivity contribution in [1.82, 2.24) is 0 Å². The van der Waals surface area contributed by atoms with E-state index >= 15 is 0 Å². The highest BCUT2D eigenvalue weighted by Crippen LogP contribution is 2.52. The van der Waals surface area contributed by atoms with Gasteiger partial charge in [-0.3, -0.25) is 0 Å². The molecule has 0 spiro atoms. The zero-order valence-corrected chi connectivity index (χ0v) is 21.8. The van der Waals surface area contributed by atoms with Crippen molar-refractivity contribution in [2.45, 2.75) is 46.0 Å². The van der Waals surface area contributed by atoms with Crippen LogP contribution in [-0.2, 0) is 5.41 Å². The van der Waals surface area contributed by atoms with Crippen molar-refractivity contribution in [2.75, 3.05) is 0 Å². The summed E-state index contributed by atoms with van der Waals surface area (Å²) in [6.45, 7) is 16.6. The van der Waals surface area contributed by atoms with Crippen LogP contribution in [0.4, 0.5) is 0 Å². The SMILES string of the molecule is C=C/C=C(\C=C/C)C1=CC2=C(CC1)C(C)(C)c1cc(-c3cccc4c(=C/C)/c(=C\C=C)oc34)ccc12. The van der Waals surface area contributed by atoms with E-state index in [0.717, 1.165) is 40.0 Å². The Kier molecular flexibility index (Phi) is 6.18. The Labute approximate surface area is 214 Å². The normalized spacial score (nSPS) is 18.1. The van der Waals surface area contributed by atoms with Crippen molar-refractivity contribution in [1.29, 1.82) is 0 Å². The van der Waals surface area contributed by atoms with Crippen molar-refractivity contribution in [3.05, 3.63) is 124 Å². The van der Waals surface area contributed by atoms with Crippen LogP contribution in [0, 0.1) is 0 Å². The maximum Gasteiger partial charge on any atom is 0.143 e. The third kappa shape index (κ3) is 3.71. The van der Waals surface area contributed by atoms with Crippen LogP contribution >= 0.6 is 0 Å². The fourth-order valence-corrected chi connectivity index (χ4v) is 5.96. The number of benzene rings is 2. The van der Waals surface area contributed by atoms with Gasteiger partial charge in [-0.15, -0.1) is 0 Å². The minimum atomic E-state index is -0.00713. The summed E-state index contributed by atoms with van der Waals surface area (Å²) in [7, 11) is 0. The molecule has 0 radical (unpaired) electrons. The van der Waals surface area contributed by atoms with Crippen LogP contribution < -0.4 is 10.6 Å². The summed E-state index contributed by atoms with van der Waals surface area (Å²) in [5, 5.41) is 2.26. The lowest BCUT2D eigenvalue weighted by molar-refractivity contribution is 0.576. The Morgan fingerprint density at radius 2 is 1.83 bits per heavy atom. The van der Waals surface area contributed by atoms with Gasteiger partial charge in [0, 0.05) is 21.6 Å². The molecular weight excluding hydrogens is 436 g/mol. The fourth-order valence-electron chi connectivity index (χ4n) is 5.96. The predicted octanol–water partition coefficient (Wildman–Crippen LogP) is 8.32. The van der Waals surface area contributed by atoms with E-state index in [0.29, 0.717) is 0 Å². The zero-order valence-electron chi connectivity index (χ0n) is 21.8. The maximum absolute atomic E-state index is 6.37. The first-order chi connectivity index (χ1) is 17.4. The molecular formula is C35H34O. The van der Waals surface area contributed by atoms with Crippen LogP contribution in [0.3, 0.4) is 0 Å². The minimum Gasteiger partial charge on any atom is -0.455 e. The summed E-state index contributed by atoms with van der Waals surface area (Å²) in [5.41, 5.74) is 12.4. The molecule has 180 valence electrons. The van der Waals surface area contributed by atoms with Crippen LogP contribution in [-0.4, -0.2) is 0 Å².